The number of aromatic nitrogens is 4. The fourth-order valence-corrected chi connectivity index (χ4v) is 4.33. The lowest BCUT2D eigenvalue weighted by Gasteiger charge is -2.17. The van der Waals surface area contributed by atoms with E-state index in [1.165, 1.54) is 0 Å². The van der Waals surface area contributed by atoms with Gasteiger partial charge in [-0.15, -0.1) is 0 Å². The van der Waals surface area contributed by atoms with Crippen molar-refractivity contribution in [3.8, 4) is 23.0 Å². The van der Waals surface area contributed by atoms with Crippen molar-refractivity contribution < 1.29 is 9.32 Å². The first-order valence-electron chi connectivity index (χ1n) is 8.63. The maximum Gasteiger partial charge on any atom is 0.276 e. The Hall–Kier alpha value is -3.39. The molecule has 1 aliphatic rings. The Morgan fingerprint density at radius 2 is 1.89 bits per heavy atom. The van der Waals surface area contributed by atoms with Gasteiger partial charge in [-0.05, 0) is 36.4 Å². The minimum absolute atomic E-state index is 0.0207. The van der Waals surface area contributed by atoms with Gasteiger partial charge in [-0.2, -0.15) is 10.1 Å². The van der Waals surface area contributed by atoms with Crippen LogP contribution in [0.5, 0.6) is 0 Å². The normalized spacial score (nSPS) is 13.2. The maximum atomic E-state index is 12.8. The average Bonchev–Trinajstić information content (AvgIpc) is 3.34. The summed E-state index contributed by atoms with van der Waals surface area (Å²) in [5, 5.41) is 8.25. The molecule has 0 atom stereocenters. The Morgan fingerprint density at radius 3 is 2.71 bits per heavy atom. The molecule has 8 heteroatoms. The SMILES string of the molecule is CN1C(=O)c2ccccc2Sc2cc(-c3noc(-c4ccnn4C)n3)ccc21. The summed E-state index contributed by atoms with van der Waals surface area (Å²) in [5.41, 5.74) is 3.13. The quantitative estimate of drug-likeness (QED) is 0.518. The summed E-state index contributed by atoms with van der Waals surface area (Å²) >= 11 is 1.56. The number of aryl methyl sites for hydroxylation is 1. The first kappa shape index (κ1) is 16.8. The first-order valence-corrected chi connectivity index (χ1v) is 9.45. The van der Waals surface area contributed by atoms with Crippen LogP contribution in [0.4, 0.5) is 5.69 Å². The summed E-state index contributed by atoms with van der Waals surface area (Å²) in [6.07, 6.45) is 1.68. The topological polar surface area (TPSA) is 77.0 Å². The van der Waals surface area contributed by atoms with Crippen LogP contribution in [-0.2, 0) is 7.05 Å². The summed E-state index contributed by atoms with van der Waals surface area (Å²) in [7, 11) is 3.61. The Balaban J connectivity index is 1.57. The van der Waals surface area contributed by atoms with E-state index in [4.69, 9.17) is 4.52 Å². The van der Waals surface area contributed by atoms with Crippen molar-refractivity contribution in [3.63, 3.8) is 0 Å². The van der Waals surface area contributed by atoms with Crippen LogP contribution < -0.4 is 4.90 Å². The lowest BCUT2D eigenvalue weighted by Crippen LogP contribution is -2.25. The van der Waals surface area contributed by atoms with Crippen LogP contribution in [0.25, 0.3) is 23.0 Å². The van der Waals surface area contributed by atoms with Crippen LogP contribution in [0, 0.1) is 0 Å². The molecule has 0 N–H and O–H groups in total. The molecule has 0 bridgehead atoms. The number of nitrogens with zero attached hydrogens (tertiary/aromatic N) is 5. The summed E-state index contributed by atoms with van der Waals surface area (Å²) in [4.78, 5) is 20.9. The Morgan fingerprint density at radius 1 is 1.04 bits per heavy atom. The Kier molecular flexibility index (Phi) is 3.80. The van der Waals surface area contributed by atoms with Crippen molar-refractivity contribution in [1.29, 1.82) is 0 Å². The third-order valence-electron chi connectivity index (χ3n) is 4.69. The van der Waals surface area contributed by atoms with Gasteiger partial charge in [0.15, 0.2) is 0 Å². The van der Waals surface area contributed by atoms with Crippen molar-refractivity contribution in [2.75, 3.05) is 11.9 Å². The summed E-state index contributed by atoms with van der Waals surface area (Å²) in [6.45, 7) is 0. The van der Waals surface area contributed by atoms with Gasteiger partial charge in [0.1, 0.15) is 5.69 Å². The molecule has 7 nitrogen and oxygen atoms in total. The molecule has 3 heterocycles. The van der Waals surface area contributed by atoms with E-state index in [0.29, 0.717) is 17.3 Å². The van der Waals surface area contributed by atoms with E-state index in [-0.39, 0.29) is 5.91 Å². The van der Waals surface area contributed by atoms with E-state index in [1.807, 2.05) is 55.6 Å². The number of anilines is 1. The molecule has 1 amide bonds. The monoisotopic (exact) mass is 389 g/mol. The predicted octanol–water partition coefficient (Wildman–Crippen LogP) is 3.88. The Bertz CT molecular complexity index is 1210. The van der Waals surface area contributed by atoms with E-state index < -0.39 is 0 Å². The van der Waals surface area contributed by atoms with Gasteiger partial charge in [-0.1, -0.05) is 29.1 Å². The number of amides is 1. The predicted molar refractivity (Wildman–Crippen MR) is 105 cm³/mol. The highest BCUT2D eigenvalue weighted by atomic mass is 32.2. The molecule has 0 spiro atoms. The largest absolute Gasteiger partial charge is 0.332 e. The molecule has 138 valence electrons. The number of fused-ring (bicyclic) bond motifs is 2. The number of rotatable bonds is 2. The molecule has 0 fully saturated rings. The van der Waals surface area contributed by atoms with Crippen molar-refractivity contribution >= 4 is 23.4 Å². The van der Waals surface area contributed by atoms with Gasteiger partial charge in [0.2, 0.25) is 5.82 Å². The van der Waals surface area contributed by atoms with Crippen molar-refractivity contribution in [3.05, 3.63) is 60.3 Å². The standard InChI is InChI=1S/C20H15N5O2S/c1-24-14-8-7-12(18-22-19(27-23-18)15-9-10-21-25(15)2)11-17(14)28-16-6-4-3-5-13(16)20(24)26/h3-11H,1-2H3. The van der Waals surface area contributed by atoms with Gasteiger partial charge in [0.25, 0.3) is 11.8 Å². The number of hydrogen-bond donors (Lipinski definition) is 0. The second-order valence-electron chi connectivity index (χ2n) is 6.41. The van der Waals surface area contributed by atoms with Crippen LogP contribution >= 0.6 is 11.8 Å². The molecular weight excluding hydrogens is 374 g/mol. The third kappa shape index (κ3) is 2.61. The van der Waals surface area contributed by atoms with Crippen molar-refractivity contribution in [2.24, 2.45) is 7.05 Å². The smallest absolute Gasteiger partial charge is 0.276 e. The van der Waals surface area contributed by atoms with E-state index in [9.17, 15) is 4.79 Å². The lowest BCUT2D eigenvalue weighted by molar-refractivity contribution is 0.0990. The zero-order valence-corrected chi connectivity index (χ0v) is 16.0. The molecule has 1 aliphatic heterocycles. The van der Waals surface area contributed by atoms with Crippen LogP contribution in [0.2, 0.25) is 0 Å². The van der Waals surface area contributed by atoms with Gasteiger partial charge >= 0.3 is 0 Å². The molecule has 0 radical (unpaired) electrons. The highest BCUT2D eigenvalue weighted by Gasteiger charge is 2.25. The molecule has 0 saturated carbocycles. The van der Waals surface area contributed by atoms with E-state index in [2.05, 4.69) is 15.2 Å². The zero-order valence-electron chi connectivity index (χ0n) is 15.2. The first-order chi connectivity index (χ1) is 13.6. The highest BCUT2D eigenvalue weighted by Crippen LogP contribution is 2.42. The third-order valence-corrected chi connectivity index (χ3v) is 5.81. The molecular formula is C20H15N5O2S. The van der Waals surface area contributed by atoms with Gasteiger partial charge in [0, 0.05) is 35.6 Å². The van der Waals surface area contributed by atoms with Crippen LogP contribution in [0.3, 0.4) is 0 Å². The summed E-state index contributed by atoms with van der Waals surface area (Å²) in [5.74, 6) is 0.883. The van der Waals surface area contributed by atoms with Crippen LogP contribution in [-0.4, -0.2) is 32.9 Å². The van der Waals surface area contributed by atoms with Crippen molar-refractivity contribution in [2.45, 2.75) is 9.79 Å². The van der Waals surface area contributed by atoms with E-state index >= 15 is 0 Å². The fourth-order valence-electron chi connectivity index (χ4n) is 3.18. The molecule has 0 unspecified atom stereocenters. The fraction of sp³-hybridized carbons (Fsp3) is 0.100. The molecule has 0 saturated heterocycles. The van der Waals surface area contributed by atoms with Crippen LogP contribution in [0.1, 0.15) is 10.4 Å². The zero-order chi connectivity index (χ0) is 19.3. The van der Waals surface area contributed by atoms with E-state index in [0.717, 1.165) is 26.7 Å². The van der Waals surface area contributed by atoms with Crippen molar-refractivity contribution in [1.82, 2.24) is 19.9 Å². The molecule has 2 aromatic heterocycles. The number of hydrogen-bond acceptors (Lipinski definition) is 6. The Labute approximate surface area is 165 Å². The summed E-state index contributed by atoms with van der Waals surface area (Å²) in [6, 6.07) is 15.3. The molecule has 4 aromatic rings. The average molecular weight is 389 g/mol. The lowest BCUT2D eigenvalue weighted by atomic mass is 10.1. The van der Waals surface area contributed by atoms with E-state index in [1.54, 1.807) is 34.6 Å². The minimum atomic E-state index is -0.0207. The van der Waals surface area contributed by atoms with Gasteiger partial charge < -0.3 is 9.42 Å². The molecule has 2 aromatic carbocycles. The summed E-state index contributed by atoms with van der Waals surface area (Å²) < 4.78 is 7.10. The second-order valence-corrected chi connectivity index (χ2v) is 7.49. The molecule has 28 heavy (non-hydrogen) atoms. The highest BCUT2D eigenvalue weighted by molar-refractivity contribution is 7.99. The number of benzene rings is 2. The second kappa shape index (κ2) is 6.35. The number of carbonyl (C=O) groups excluding carboxylic acids is 1. The maximum absolute atomic E-state index is 12.8. The number of carbonyl (C=O) groups is 1. The van der Waals surface area contributed by atoms with Gasteiger partial charge in [-0.25, -0.2) is 0 Å². The van der Waals surface area contributed by atoms with Crippen LogP contribution in [0.15, 0.2) is 69.0 Å². The minimum Gasteiger partial charge on any atom is -0.332 e. The van der Waals surface area contributed by atoms with Gasteiger partial charge in [0.05, 0.1) is 11.3 Å². The van der Waals surface area contributed by atoms with Gasteiger partial charge in [-0.3, -0.25) is 9.48 Å². The molecule has 5 rings (SSSR count). The molecule has 0 aliphatic carbocycles.